The largest absolute Gasteiger partial charge is 0.280 e. The lowest BCUT2D eigenvalue weighted by atomic mass is 10.2. The van der Waals surface area contributed by atoms with Crippen molar-refractivity contribution in [2.75, 3.05) is 11.2 Å². The van der Waals surface area contributed by atoms with Crippen molar-refractivity contribution in [2.24, 2.45) is 0 Å². The van der Waals surface area contributed by atoms with E-state index in [-0.39, 0.29) is 17.2 Å². The third-order valence-corrected chi connectivity index (χ3v) is 4.31. The average Bonchev–Trinajstić information content (AvgIpc) is 2.57. The van der Waals surface area contributed by atoms with Crippen LogP contribution in [0.1, 0.15) is 5.56 Å². The molecule has 0 aliphatic heterocycles. The molecule has 2 aromatic carbocycles. The van der Waals surface area contributed by atoms with Crippen LogP contribution in [0, 0.1) is 6.92 Å². The van der Waals surface area contributed by atoms with E-state index in [4.69, 9.17) is 0 Å². The van der Waals surface area contributed by atoms with Crippen molar-refractivity contribution in [2.45, 2.75) is 11.8 Å². The predicted molar refractivity (Wildman–Crippen MR) is 92.3 cm³/mol. The highest BCUT2D eigenvalue weighted by Crippen LogP contribution is 2.17. The second-order valence-electron chi connectivity index (χ2n) is 5.07. The van der Waals surface area contributed by atoms with Crippen molar-refractivity contribution in [3.05, 3.63) is 70.8 Å². The van der Waals surface area contributed by atoms with Gasteiger partial charge in [-0.05, 0) is 31.2 Å². The maximum Gasteiger partial charge on any atom is 0.280 e. The summed E-state index contributed by atoms with van der Waals surface area (Å²) < 4.78 is 1.13. The molecule has 3 aromatic rings. The van der Waals surface area contributed by atoms with Gasteiger partial charge in [-0.25, -0.2) is 9.66 Å². The highest BCUT2D eigenvalue weighted by atomic mass is 32.2. The molecule has 3 rings (SSSR count). The summed E-state index contributed by atoms with van der Waals surface area (Å²) in [6.45, 7) is 2.01. The topological polar surface area (TPSA) is 64.0 Å². The predicted octanol–water partition coefficient (Wildman–Crippen LogP) is 2.57. The zero-order chi connectivity index (χ0) is 16.2. The molecule has 0 saturated carbocycles. The van der Waals surface area contributed by atoms with Gasteiger partial charge in [-0.3, -0.25) is 15.0 Å². The second kappa shape index (κ2) is 6.66. The Labute approximate surface area is 137 Å². The molecule has 0 fully saturated rings. The number of nitrogens with one attached hydrogen (secondary N) is 1. The Kier molecular flexibility index (Phi) is 4.43. The number of para-hydroxylation sites is 1. The van der Waals surface area contributed by atoms with Crippen molar-refractivity contribution >= 4 is 28.6 Å². The number of carbonyl (C=O) groups is 1. The Morgan fingerprint density at radius 1 is 1.17 bits per heavy atom. The fraction of sp³-hybridized carbons (Fsp3) is 0.118. The van der Waals surface area contributed by atoms with Gasteiger partial charge in [-0.2, -0.15) is 0 Å². The Balaban J connectivity index is 1.69. The number of nitrogens with zero attached hydrogens (tertiary/aromatic N) is 2. The van der Waals surface area contributed by atoms with Crippen molar-refractivity contribution in [3.8, 4) is 0 Å². The number of thioether (sulfide) groups is 1. The molecule has 1 N–H and O–H groups in total. The molecule has 0 radical (unpaired) electrons. The fourth-order valence-electron chi connectivity index (χ4n) is 2.10. The van der Waals surface area contributed by atoms with Gasteiger partial charge in [0.2, 0.25) is 5.91 Å². The molecule has 1 amide bonds. The molecule has 5 nitrogen and oxygen atoms in total. The molecular formula is C17H15N3O2S. The van der Waals surface area contributed by atoms with Crippen LogP contribution >= 0.6 is 11.8 Å². The Morgan fingerprint density at radius 3 is 2.70 bits per heavy atom. The van der Waals surface area contributed by atoms with Crippen LogP contribution in [0.15, 0.2) is 64.5 Å². The summed E-state index contributed by atoms with van der Waals surface area (Å²) in [4.78, 5) is 29.5. The van der Waals surface area contributed by atoms with Gasteiger partial charge in [-0.15, -0.1) is 11.8 Å². The molecule has 1 heterocycles. The van der Waals surface area contributed by atoms with E-state index in [1.165, 1.54) is 23.7 Å². The lowest BCUT2D eigenvalue weighted by Gasteiger charge is -2.08. The van der Waals surface area contributed by atoms with Crippen molar-refractivity contribution in [1.29, 1.82) is 0 Å². The molecule has 0 unspecified atom stereocenters. The van der Waals surface area contributed by atoms with Gasteiger partial charge in [0.1, 0.15) is 6.33 Å². The van der Waals surface area contributed by atoms with Crippen molar-refractivity contribution in [1.82, 2.24) is 9.66 Å². The summed E-state index contributed by atoms with van der Waals surface area (Å²) in [5, 5.41) is 0.474. The monoisotopic (exact) mass is 325 g/mol. The first-order chi connectivity index (χ1) is 11.1. The van der Waals surface area contributed by atoms with Crippen LogP contribution in [-0.4, -0.2) is 21.3 Å². The average molecular weight is 325 g/mol. The number of aryl methyl sites for hydroxylation is 1. The van der Waals surface area contributed by atoms with Crippen LogP contribution in [0.3, 0.4) is 0 Å². The number of carbonyl (C=O) groups excluding carboxylic acids is 1. The standard InChI is InChI=1S/C17H15N3O2S/c1-12-6-8-13(9-7-12)23-10-16(21)19-20-11-18-15-5-3-2-4-14(15)17(20)22/h2-9,11H,10H2,1H3,(H,19,21). The minimum absolute atomic E-state index is 0.225. The minimum atomic E-state index is -0.288. The SMILES string of the molecule is Cc1ccc(SCC(=O)Nn2cnc3ccccc3c2=O)cc1. The molecule has 0 aliphatic carbocycles. The molecule has 0 aliphatic rings. The van der Waals surface area contributed by atoms with Crippen LogP contribution in [0.5, 0.6) is 0 Å². The number of hydrogen-bond donors (Lipinski definition) is 1. The zero-order valence-electron chi connectivity index (χ0n) is 12.5. The smallest absolute Gasteiger partial charge is 0.272 e. The summed E-state index contributed by atoms with van der Waals surface area (Å²) in [6.07, 6.45) is 1.33. The molecular weight excluding hydrogens is 310 g/mol. The van der Waals surface area contributed by atoms with Gasteiger partial charge in [0.05, 0.1) is 16.7 Å². The van der Waals surface area contributed by atoms with Crippen molar-refractivity contribution in [3.63, 3.8) is 0 Å². The normalized spacial score (nSPS) is 10.7. The van der Waals surface area contributed by atoms with Gasteiger partial charge < -0.3 is 0 Å². The molecule has 0 saturated heterocycles. The van der Waals surface area contributed by atoms with Crippen LogP contribution in [0.25, 0.3) is 10.9 Å². The van der Waals surface area contributed by atoms with E-state index in [1.54, 1.807) is 18.2 Å². The molecule has 0 atom stereocenters. The maximum absolute atomic E-state index is 12.3. The lowest BCUT2D eigenvalue weighted by Crippen LogP contribution is -2.34. The summed E-state index contributed by atoms with van der Waals surface area (Å²) >= 11 is 1.42. The first-order valence-electron chi connectivity index (χ1n) is 7.09. The van der Waals surface area contributed by atoms with E-state index in [9.17, 15) is 9.59 Å². The number of amides is 1. The van der Waals surface area contributed by atoms with E-state index in [0.29, 0.717) is 10.9 Å². The van der Waals surface area contributed by atoms with Gasteiger partial charge in [0.25, 0.3) is 5.56 Å². The Morgan fingerprint density at radius 2 is 1.91 bits per heavy atom. The van der Waals surface area contributed by atoms with E-state index < -0.39 is 0 Å². The van der Waals surface area contributed by atoms with Crippen molar-refractivity contribution < 1.29 is 4.79 Å². The molecule has 116 valence electrons. The first-order valence-corrected chi connectivity index (χ1v) is 8.08. The Hall–Kier alpha value is -2.60. The van der Waals surface area contributed by atoms with E-state index in [0.717, 1.165) is 9.57 Å². The molecule has 1 aromatic heterocycles. The fourth-order valence-corrected chi connectivity index (χ4v) is 2.79. The zero-order valence-corrected chi connectivity index (χ0v) is 13.3. The van der Waals surface area contributed by atoms with Gasteiger partial charge in [0, 0.05) is 4.90 Å². The molecule has 0 spiro atoms. The van der Waals surface area contributed by atoms with E-state index in [2.05, 4.69) is 10.4 Å². The molecule has 6 heteroatoms. The number of hydrogen-bond acceptors (Lipinski definition) is 4. The third kappa shape index (κ3) is 3.60. The number of benzene rings is 2. The second-order valence-corrected chi connectivity index (χ2v) is 6.12. The highest BCUT2D eigenvalue weighted by molar-refractivity contribution is 8.00. The van der Waals surface area contributed by atoms with Crippen LogP contribution in [-0.2, 0) is 4.79 Å². The van der Waals surface area contributed by atoms with Crippen LogP contribution < -0.4 is 11.0 Å². The van der Waals surface area contributed by atoms with Crippen LogP contribution in [0.2, 0.25) is 0 Å². The maximum atomic E-state index is 12.3. The first kappa shape index (κ1) is 15.3. The van der Waals surface area contributed by atoms with E-state index in [1.807, 2.05) is 37.3 Å². The number of aromatic nitrogens is 2. The highest BCUT2D eigenvalue weighted by Gasteiger charge is 2.07. The molecule has 0 bridgehead atoms. The quantitative estimate of drug-likeness (QED) is 0.749. The minimum Gasteiger partial charge on any atom is -0.272 e. The van der Waals surface area contributed by atoms with Gasteiger partial charge in [0.15, 0.2) is 0 Å². The summed E-state index contributed by atoms with van der Waals surface area (Å²) in [6, 6.07) is 15.0. The summed E-state index contributed by atoms with van der Waals surface area (Å²) in [7, 11) is 0. The molecule has 23 heavy (non-hydrogen) atoms. The number of rotatable bonds is 4. The van der Waals surface area contributed by atoms with Gasteiger partial charge in [-0.1, -0.05) is 29.8 Å². The third-order valence-electron chi connectivity index (χ3n) is 3.30. The van der Waals surface area contributed by atoms with Crippen LogP contribution in [0.4, 0.5) is 0 Å². The lowest BCUT2D eigenvalue weighted by molar-refractivity contribution is -0.114. The van der Waals surface area contributed by atoms with E-state index >= 15 is 0 Å². The number of fused-ring (bicyclic) bond motifs is 1. The van der Waals surface area contributed by atoms with Gasteiger partial charge >= 0.3 is 0 Å². The Bertz CT molecular complexity index is 904. The summed E-state index contributed by atoms with van der Waals surface area (Å²) in [5.74, 6) is -0.0303. The summed E-state index contributed by atoms with van der Waals surface area (Å²) in [5.41, 5.74) is 4.06.